The summed E-state index contributed by atoms with van der Waals surface area (Å²) >= 11 is 0. The lowest BCUT2D eigenvalue weighted by molar-refractivity contribution is -0.125. The third-order valence-electron chi connectivity index (χ3n) is 2.98. The van der Waals surface area contributed by atoms with E-state index in [2.05, 4.69) is 5.32 Å². The minimum Gasteiger partial charge on any atom is -0.376 e. The zero-order valence-corrected chi connectivity index (χ0v) is 10.9. The first-order valence-electron chi connectivity index (χ1n) is 5.76. The Morgan fingerprint density at radius 3 is 2.69 bits per heavy atom. The van der Waals surface area contributed by atoms with Gasteiger partial charge in [-0.1, -0.05) is 6.92 Å². The smallest absolute Gasteiger partial charge is 0.224 e. The zero-order valence-electron chi connectivity index (χ0n) is 10.1. The van der Waals surface area contributed by atoms with Crippen LogP contribution in [-0.4, -0.2) is 31.2 Å². The molecule has 0 bridgehead atoms. The Morgan fingerprint density at radius 1 is 1.50 bits per heavy atom. The van der Waals surface area contributed by atoms with Crippen LogP contribution in [0.1, 0.15) is 33.1 Å². The predicted octanol–water partition coefficient (Wildman–Crippen LogP) is 1.08. The van der Waals surface area contributed by atoms with Crippen LogP contribution < -0.4 is 11.1 Å². The van der Waals surface area contributed by atoms with Crippen LogP contribution >= 0.6 is 12.4 Å². The minimum absolute atomic E-state index is 0. The van der Waals surface area contributed by atoms with E-state index in [9.17, 15) is 4.79 Å². The van der Waals surface area contributed by atoms with E-state index in [4.69, 9.17) is 10.5 Å². The molecule has 1 rings (SSSR count). The van der Waals surface area contributed by atoms with Crippen LogP contribution in [-0.2, 0) is 9.53 Å². The number of hydrogen-bond donors (Lipinski definition) is 2. The Morgan fingerprint density at radius 2 is 2.19 bits per heavy atom. The first kappa shape index (κ1) is 15.7. The van der Waals surface area contributed by atoms with E-state index in [1.165, 1.54) is 6.42 Å². The highest BCUT2D eigenvalue weighted by molar-refractivity contribution is 5.85. The number of hydrogen-bond acceptors (Lipinski definition) is 3. The molecular weight excluding hydrogens is 228 g/mol. The molecule has 0 saturated carbocycles. The summed E-state index contributed by atoms with van der Waals surface area (Å²) < 4.78 is 5.52. The van der Waals surface area contributed by atoms with Crippen LogP contribution in [0.2, 0.25) is 0 Å². The molecule has 0 radical (unpaired) electrons. The van der Waals surface area contributed by atoms with E-state index in [0.717, 1.165) is 19.4 Å². The molecule has 1 heterocycles. The lowest BCUT2D eigenvalue weighted by Gasteiger charge is -2.24. The van der Waals surface area contributed by atoms with Gasteiger partial charge in [0.25, 0.3) is 0 Å². The fourth-order valence-electron chi connectivity index (χ4n) is 1.58. The number of ether oxygens (including phenoxy) is 1. The van der Waals surface area contributed by atoms with Gasteiger partial charge in [0, 0.05) is 25.1 Å². The highest BCUT2D eigenvalue weighted by atomic mass is 35.5. The lowest BCUT2D eigenvalue weighted by atomic mass is 10.0. The van der Waals surface area contributed by atoms with Gasteiger partial charge in [0.05, 0.1) is 6.10 Å². The molecule has 4 nitrogen and oxygen atoms in total. The Bertz CT molecular complexity index is 206. The van der Waals surface area contributed by atoms with Crippen LogP contribution in [0.25, 0.3) is 0 Å². The monoisotopic (exact) mass is 250 g/mol. The maximum atomic E-state index is 11.6. The first-order valence-corrected chi connectivity index (χ1v) is 5.76. The van der Waals surface area contributed by atoms with E-state index in [1.807, 2.05) is 13.8 Å². The van der Waals surface area contributed by atoms with E-state index in [0.29, 0.717) is 6.54 Å². The summed E-state index contributed by atoms with van der Waals surface area (Å²) in [6, 6.07) is -0.0997. The largest absolute Gasteiger partial charge is 0.376 e. The summed E-state index contributed by atoms with van der Waals surface area (Å²) in [5.41, 5.74) is 5.65. The van der Waals surface area contributed by atoms with Crippen molar-refractivity contribution < 1.29 is 9.53 Å². The van der Waals surface area contributed by atoms with Crippen molar-refractivity contribution in [3.8, 4) is 0 Å². The second-order valence-electron chi connectivity index (χ2n) is 4.38. The molecule has 96 valence electrons. The predicted molar refractivity (Wildman–Crippen MR) is 66.7 cm³/mol. The third kappa shape index (κ3) is 5.14. The van der Waals surface area contributed by atoms with Gasteiger partial charge >= 0.3 is 0 Å². The van der Waals surface area contributed by atoms with Crippen molar-refractivity contribution in [3.63, 3.8) is 0 Å². The van der Waals surface area contributed by atoms with Gasteiger partial charge in [0.2, 0.25) is 5.91 Å². The summed E-state index contributed by atoms with van der Waals surface area (Å²) in [5.74, 6) is -0.104. The van der Waals surface area contributed by atoms with E-state index < -0.39 is 0 Å². The van der Waals surface area contributed by atoms with Crippen molar-refractivity contribution in [1.29, 1.82) is 0 Å². The Labute approximate surface area is 104 Å². The molecule has 0 aliphatic carbocycles. The maximum absolute atomic E-state index is 11.6. The van der Waals surface area contributed by atoms with Crippen molar-refractivity contribution in [3.05, 3.63) is 0 Å². The SMILES string of the molecule is CC(N)C(C)C(=O)NCC1CCCCO1.Cl. The van der Waals surface area contributed by atoms with Crippen LogP contribution in [0, 0.1) is 5.92 Å². The van der Waals surface area contributed by atoms with Gasteiger partial charge in [-0.3, -0.25) is 4.79 Å². The summed E-state index contributed by atoms with van der Waals surface area (Å²) in [6.07, 6.45) is 3.58. The number of amides is 1. The van der Waals surface area contributed by atoms with Crippen molar-refractivity contribution in [1.82, 2.24) is 5.32 Å². The van der Waals surface area contributed by atoms with Crippen LogP contribution in [0.4, 0.5) is 0 Å². The summed E-state index contributed by atoms with van der Waals surface area (Å²) in [7, 11) is 0. The number of nitrogens with two attached hydrogens (primary N) is 1. The fourth-order valence-corrected chi connectivity index (χ4v) is 1.58. The number of carbonyl (C=O) groups is 1. The molecule has 1 saturated heterocycles. The van der Waals surface area contributed by atoms with Gasteiger partial charge in [0.1, 0.15) is 0 Å². The lowest BCUT2D eigenvalue weighted by Crippen LogP contribution is -2.42. The standard InChI is InChI=1S/C11H22N2O2.ClH/c1-8(9(2)12)11(14)13-7-10-5-3-4-6-15-10;/h8-10H,3-7,12H2,1-2H3,(H,13,14);1H. The van der Waals surface area contributed by atoms with Crippen molar-refractivity contribution >= 4 is 18.3 Å². The molecule has 3 atom stereocenters. The highest BCUT2D eigenvalue weighted by Gasteiger charge is 2.19. The topological polar surface area (TPSA) is 64.4 Å². The Balaban J connectivity index is 0.00000225. The molecule has 16 heavy (non-hydrogen) atoms. The molecule has 3 unspecified atom stereocenters. The molecule has 1 fully saturated rings. The quantitative estimate of drug-likeness (QED) is 0.785. The summed E-state index contributed by atoms with van der Waals surface area (Å²) in [6.45, 7) is 5.14. The van der Waals surface area contributed by atoms with Crippen LogP contribution in [0.3, 0.4) is 0 Å². The normalized spacial score (nSPS) is 24.1. The van der Waals surface area contributed by atoms with Gasteiger partial charge < -0.3 is 15.8 Å². The number of rotatable bonds is 4. The Kier molecular flexibility index (Phi) is 7.72. The molecule has 0 spiro atoms. The van der Waals surface area contributed by atoms with E-state index in [-0.39, 0.29) is 36.4 Å². The highest BCUT2D eigenvalue weighted by Crippen LogP contribution is 2.11. The molecule has 3 N–H and O–H groups in total. The van der Waals surface area contributed by atoms with Crippen molar-refractivity contribution in [2.45, 2.75) is 45.3 Å². The summed E-state index contributed by atoms with van der Waals surface area (Å²) in [4.78, 5) is 11.6. The fraction of sp³-hybridized carbons (Fsp3) is 0.909. The molecule has 0 aromatic carbocycles. The van der Waals surface area contributed by atoms with Gasteiger partial charge in [-0.15, -0.1) is 12.4 Å². The number of nitrogens with one attached hydrogen (secondary N) is 1. The minimum atomic E-state index is -0.131. The second-order valence-corrected chi connectivity index (χ2v) is 4.38. The van der Waals surface area contributed by atoms with Gasteiger partial charge in [0.15, 0.2) is 0 Å². The molecule has 1 aliphatic rings. The zero-order chi connectivity index (χ0) is 11.3. The average Bonchev–Trinajstić information content (AvgIpc) is 2.26. The van der Waals surface area contributed by atoms with Crippen molar-refractivity contribution in [2.24, 2.45) is 11.7 Å². The molecule has 5 heteroatoms. The summed E-state index contributed by atoms with van der Waals surface area (Å²) in [5, 5.41) is 2.89. The first-order chi connectivity index (χ1) is 7.11. The van der Waals surface area contributed by atoms with Crippen LogP contribution in [0.5, 0.6) is 0 Å². The van der Waals surface area contributed by atoms with E-state index >= 15 is 0 Å². The van der Waals surface area contributed by atoms with Gasteiger partial charge in [-0.25, -0.2) is 0 Å². The van der Waals surface area contributed by atoms with Crippen LogP contribution in [0.15, 0.2) is 0 Å². The Hall–Kier alpha value is -0.320. The van der Waals surface area contributed by atoms with E-state index in [1.54, 1.807) is 0 Å². The molecule has 0 aromatic rings. The average molecular weight is 251 g/mol. The van der Waals surface area contributed by atoms with Gasteiger partial charge in [-0.05, 0) is 26.2 Å². The van der Waals surface area contributed by atoms with Crippen molar-refractivity contribution in [2.75, 3.05) is 13.2 Å². The molecule has 1 aliphatic heterocycles. The van der Waals surface area contributed by atoms with Gasteiger partial charge in [-0.2, -0.15) is 0 Å². The third-order valence-corrected chi connectivity index (χ3v) is 2.98. The molecular formula is C11H23ClN2O2. The molecule has 1 amide bonds. The molecule has 0 aromatic heterocycles. The number of halogens is 1. The number of carbonyl (C=O) groups excluding carboxylic acids is 1. The second kappa shape index (κ2) is 7.87. The maximum Gasteiger partial charge on any atom is 0.224 e.